The summed E-state index contributed by atoms with van der Waals surface area (Å²) >= 11 is 0. The van der Waals surface area contributed by atoms with Gasteiger partial charge in [-0.25, -0.2) is 0 Å². The van der Waals surface area contributed by atoms with Crippen LogP contribution < -0.4 is 0 Å². The number of hydrogen-bond donors (Lipinski definition) is 0. The van der Waals surface area contributed by atoms with E-state index in [1.165, 1.54) is 12.1 Å². The Morgan fingerprint density at radius 1 is 1.17 bits per heavy atom. The second-order valence-electron chi connectivity index (χ2n) is 7.64. The van der Waals surface area contributed by atoms with Crippen molar-refractivity contribution < 1.29 is 13.2 Å². The van der Waals surface area contributed by atoms with E-state index in [4.69, 9.17) is 0 Å². The lowest BCUT2D eigenvalue weighted by molar-refractivity contribution is -0.137. The number of rotatable bonds is 8. The minimum Gasteiger partial charge on any atom is -0.253 e. The Morgan fingerprint density at radius 2 is 1.83 bits per heavy atom. The zero-order chi connectivity index (χ0) is 21.8. The highest BCUT2D eigenvalue weighted by Gasteiger charge is 2.32. The van der Waals surface area contributed by atoms with Crippen molar-refractivity contribution in [3.8, 4) is 0 Å². The molecule has 0 N–H and O–H groups in total. The molecule has 0 spiro atoms. The molecule has 0 aliphatic heterocycles. The van der Waals surface area contributed by atoms with Gasteiger partial charge in [0.1, 0.15) is 0 Å². The zero-order valence-corrected chi connectivity index (χ0v) is 17.4. The van der Waals surface area contributed by atoms with Crippen LogP contribution in [-0.2, 0) is 6.18 Å². The van der Waals surface area contributed by atoms with Crippen LogP contribution in [-0.4, -0.2) is 5.71 Å². The smallest absolute Gasteiger partial charge is 0.253 e. The van der Waals surface area contributed by atoms with Crippen LogP contribution in [0.25, 0.3) is 5.57 Å². The molecule has 1 aromatic carbocycles. The summed E-state index contributed by atoms with van der Waals surface area (Å²) in [5, 5.41) is 0. The Bertz CT molecular complexity index is 906. The van der Waals surface area contributed by atoms with Gasteiger partial charge in [0.25, 0.3) is 0 Å². The molecular weight excluding hydrogens is 371 g/mol. The Morgan fingerprint density at radius 3 is 2.34 bits per heavy atom. The number of halogens is 3. The van der Waals surface area contributed by atoms with Crippen molar-refractivity contribution in [2.24, 2.45) is 10.9 Å². The Hall–Kier alpha value is -2.62. The van der Waals surface area contributed by atoms with Gasteiger partial charge in [-0.15, -0.1) is 0 Å². The summed E-state index contributed by atoms with van der Waals surface area (Å²) < 4.78 is 39.7. The maximum absolute atomic E-state index is 13.2. The molecule has 0 aromatic heterocycles. The van der Waals surface area contributed by atoms with E-state index in [1.54, 1.807) is 6.08 Å². The average molecular weight is 400 g/mol. The molecule has 1 saturated carbocycles. The van der Waals surface area contributed by atoms with E-state index >= 15 is 0 Å². The van der Waals surface area contributed by atoms with Crippen LogP contribution in [0.15, 0.2) is 77.9 Å². The number of hydrogen-bond acceptors (Lipinski definition) is 1. The van der Waals surface area contributed by atoms with Crippen molar-refractivity contribution in [3.05, 3.63) is 84.0 Å². The molecule has 0 saturated heterocycles. The number of allylic oxidation sites excluding steroid dienone is 7. The highest BCUT2D eigenvalue weighted by molar-refractivity contribution is 6.03. The van der Waals surface area contributed by atoms with Gasteiger partial charge in [-0.2, -0.15) is 13.2 Å². The molecule has 154 valence electrons. The SMILES string of the molecule is C=C/C=C(\C=C(\C)C(=C)C)C(/C)=N/c1ccc(C(F)(F)F)cc1C(=C)CC1CC1. The van der Waals surface area contributed by atoms with Crippen LogP contribution in [0.3, 0.4) is 0 Å². The van der Waals surface area contributed by atoms with Crippen LogP contribution in [0.2, 0.25) is 0 Å². The first-order valence-corrected chi connectivity index (χ1v) is 9.65. The van der Waals surface area contributed by atoms with E-state index in [0.29, 0.717) is 34.9 Å². The number of benzene rings is 1. The summed E-state index contributed by atoms with van der Waals surface area (Å²) in [6.07, 6.45) is 3.95. The van der Waals surface area contributed by atoms with Gasteiger partial charge in [0.05, 0.1) is 11.3 Å². The molecule has 1 aliphatic carbocycles. The first kappa shape index (κ1) is 22.7. The first-order valence-electron chi connectivity index (χ1n) is 9.65. The fourth-order valence-electron chi connectivity index (χ4n) is 2.88. The number of aliphatic imine (C=N–C) groups is 1. The molecule has 1 nitrogen and oxygen atoms in total. The van der Waals surface area contributed by atoms with E-state index in [0.717, 1.165) is 35.6 Å². The molecule has 0 atom stereocenters. The summed E-state index contributed by atoms with van der Waals surface area (Å²) in [4.78, 5) is 4.66. The van der Waals surface area contributed by atoms with Crippen molar-refractivity contribution in [2.75, 3.05) is 0 Å². The van der Waals surface area contributed by atoms with Crippen molar-refractivity contribution >= 4 is 17.0 Å². The second-order valence-corrected chi connectivity index (χ2v) is 7.64. The maximum atomic E-state index is 13.2. The number of alkyl halides is 3. The van der Waals surface area contributed by atoms with Gasteiger partial charge in [0, 0.05) is 11.3 Å². The van der Waals surface area contributed by atoms with Crippen LogP contribution in [0.1, 0.15) is 51.2 Å². The largest absolute Gasteiger partial charge is 0.416 e. The minimum absolute atomic E-state index is 0.463. The summed E-state index contributed by atoms with van der Waals surface area (Å²) in [6.45, 7) is 17.4. The van der Waals surface area contributed by atoms with Gasteiger partial charge in [-0.05, 0) is 86.9 Å². The zero-order valence-electron chi connectivity index (χ0n) is 17.4. The minimum atomic E-state index is -4.40. The van der Waals surface area contributed by atoms with Gasteiger partial charge < -0.3 is 0 Å². The van der Waals surface area contributed by atoms with Gasteiger partial charge in [-0.1, -0.05) is 37.5 Å². The van der Waals surface area contributed by atoms with Gasteiger partial charge >= 0.3 is 6.18 Å². The van der Waals surface area contributed by atoms with Gasteiger partial charge in [0.2, 0.25) is 0 Å². The van der Waals surface area contributed by atoms with E-state index in [2.05, 4.69) is 24.7 Å². The molecule has 1 aromatic rings. The summed E-state index contributed by atoms with van der Waals surface area (Å²) in [5.74, 6) is 0.521. The summed E-state index contributed by atoms with van der Waals surface area (Å²) in [7, 11) is 0. The van der Waals surface area contributed by atoms with E-state index in [1.807, 2.05) is 32.9 Å². The van der Waals surface area contributed by atoms with Gasteiger partial charge in [-0.3, -0.25) is 4.99 Å². The summed E-state index contributed by atoms with van der Waals surface area (Å²) in [6, 6.07) is 3.68. The third kappa shape index (κ3) is 6.45. The standard InChI is InChI=1S/C25H28F3N/c1-7-8-21(14-17(4)16(2)3)19(6)29-24-12-11-22(25(26,27)28)15-23(24)18(5)13-20-9-10-20/h7-8,11-12,14-15,20H,1-2,5,9-10,13H2,3-4,6H3/b17-14-,21-8+,29-19+. The van der Waals surface area contributed by atoms with E-state index in [9.17, 15) is 13.2 Å². The Balaban J connectivity index is 2.51. The topological polar surface area (TPSA) is 12.4 Å². The van der Waals surface area contributed by atoms with Crippen molar-refractivity contribution in [1.82, 2.24) is 0 Å². The third-order valence-corrected chi connectivity index (χ3v) is 4.99. The van der Waals surface area contributed by atoms with Gasteiger partial charge in [0.15, 0.2) is 0 Å². The first-order chi connectivity index (χ1) is 13.5. The lowest BCUT2D eigenvalue weighted by Crippen LogP contribution is -2.05. The lowest BCUT2D eigenvalue weighted by atomic mass is 9.97. The fraction of sp³-hybridized carbons (Fsp3) is 0.320. The molecule has 0 radical (unpaired) electrons. The highest BCUT2D eigenvalue weighted by Crippen LogP contribution is 2.41. The van der Waals surface area contributed by atoms with Crippen molar-refractivity contribution in [1.29, 1.82) is 0 Å². The highest BCUT2D eigenvalue weighted by atomic mass is 19.4. The normalized spacial score (nSPS) is 16.0. The van der Waals surface area contributed by atoms with Crippen LogP contribution >= 0.6 is 0 Å². The van der Waals surface area contributed by atoms with Crippen LogP contribution in [0.4, 0.5) is 18.9 Å². The van der Waals surface area contributed by atoms with E-state index in [-0.39, 0.29) is 0 Å². The molecule has 1 aliphatic rings. The van der Waals surface area contributed by atoms with Crippen molar-refractivity contribution in [3.63, 3.8) is 0 Å². The molecule has 29 heavy (non-hydrogen) atoms. The predicted molar refractivity (Wildman–Crippen MR) is 117 cm³/mol. The molecule has 1 fully saturated rings. The lowest BCUT2D eigenvalue weighted by Gasteiger charge is -2.14. The molecule has 0 unspecified atom stereocenters. The van der Waals surface area contributed by atoms with E-state index < -0.39 is 11.7 Å². The molecule has 0 bridgehead atoms. The average Bonchev–Trinajstić information content (AvgIpc) is 3.44. The predicted octanol–water partition coefficient (Wildman–Crippen LogP) is 8.25. The quantitative estimate of drug-likeness (QED) is 0.308. The molecule has 0 heterocycles. The number of nitrogens with zero attached hydrogens (tertiary/aromatic N) is 1. The summed E-state index contributed by atoms with van der Waals surface area (Å²) in [5.41, 5.74) is 4.43. The molecule has 2 rings (SSSR count). The fourth-order valence-corrected chi connectivity index (χ4v) is 2.88. The van der Waals surface area contributed by atoms with Crippen LogP contribution in [0, 0.1) is 5.92 Å². The molecule has 0 amide bonds. The second kappa shape index (κ2) is 9.25. The monoisotopic (exact) mass is 399 g/mol. The Labute approximate surface area is 171 Å². The third-order valence-electron chi connectivity index (χ3n) is 4.99. The molecule has 4 heteroatoms. The molecular formula is C25H28F3N. The van der Waals surface area contributed by atoms with Crippen LogP contribution in [0.5, 0.6) is 0 Å². The Kier molecular flexibility index (Phi) is 7.23. The maximum Gasteiger partial charge on any atom is 0.416 e. The van der Waals surface area contributed by atoms with Crippen molar-refractivity contribution in [2.45, 2.75) is 46.2 Å².